The van der Waals surface area contributed by atoms with E-state index in [0.717, 1.165) is 5.02 Å². The van der Waals surface area contributed by atoms with Gasteiger partial charge in [0.1, 0.15) is 0 Å². The maximum Gasteiger partial charge on any atom is 0.0484 e. The minimum absolute atomic E-state index is 0.481. The van der Waals surface area contributed by atoms with Crippen LogP contribution < -0.4 is 5.32 Å². The molecule has 1 atom stereocenters. The maximum atomic E-state index is 6.12. The summed E-state index contributed by atoms with van der Waals surface area (Å²) in [5.74, 6) is 0. The minimum Gasteiger partial charge on any atom is -0.346 e. The number of halogens is 1. The zero-order valence-electron chi connectivity index (χ0n) is 10.3. The largest absolute Gasteiger partial charge is 0.346 e. The van der Waals surface area contributed by atoms with E-state index in [-0.39, 0.29) is 0 Å². The Kier molecular flexibility index (Phi) is 2.64. The number of nitrogens with zero attached hydrogens (tertiary/aromatic N) is 1. The van der Waals surface area contributed by atoms with Crippen molar-refractivity contribution in [1.29, 1.82) is 0 Å². The van der Waals surface area contributed by atoms with Crippen molar-refractivity contribution in [2.45, 2.75) is 25.3 Å². The molecule has 1 heterocycles. The first kappa shape index (κ1) is 11.1. The number of hydrogen-bond acceptors (Lipinski definition) is 1. The Bertz CT molecular complexity index is 571. The number of benzene rings is 1. The van der Waals surface area contributed by atoms with Crippen molar-refractivity contribution in [1.82, 2.24) is 9.88 Å². The van der Waals surface area contributed by atoms with Crippen LogP contribution >= 0.6 is 11.6 Å². The van der Waals surface area contributed by atoms with Crippen LogP contribution in [0.25, 0.3) is 10.9 Å². The lowest BCUT2D eigenvalue weighted by Crippen LogP contribution is -2.23. The second kappa shape index (κ2) is 4.04. The third-order valence-electron chi connectivity index (χ3n) is 3.91. The number of aromatic nitrogens is 1. The zero-order valence-corrected chi connectivity index (χ0v) is 11.0. The highest BCUT2D eigenvalue weighted by atomic mass is 35.5. The van der Waals surface area contributed by atoms with E-state index in [9.17, 15) is 0 Å². The molecule has 1 aliphatic rings. The van der Waals surface area contributed by atoms with Crippen LogP contribution in [0.4, 0.5) is 0 Å². The van der Waals surface area contributed by atoms with Crippen molar-refractivity contribution in [3.63, 3.8) is 0 Å². The van der Waals surface area contributed by atoms with E-state index in [4.69, 9.17) is 11.6 Å². The smallest absolute Gasteiger partial charge is 0.0484 e. The van der Waals surface area contributed by atoms with Crippen LogP contribution in [0.3, 0.4) is 0 Å². The van der Waals surface area contributed by atoms with Gasteiger partial charge in [0.25, 0.3) is 0 Å². The fourth-order valence-electron chi connectivity index (χ4n) is 3.12. The van der Waals surface area contributed by atoms with Gasteiger partial charge < -0.3 is 9.88 Å². The van der Waals surface area contributed by atoms with Crippen LogP contribution in [0.15, 0.2) is 18.2 Å². The Balaban J connectivity index is 2.33. The first-order valence-electron chi connectivity index (χ1n) is 6.16. The summed E-state index contributed by atoms with van der Waals surface area (Å²) >= 11 is 6.12. The molecule has 3 rings (SSSR count). The van der Waals surface area contributed by atoms with Crippen LogP contribution in [-0.2, 0) is 13.5 Å². The lowest BCUT2D eigenvalue weighted by atomic mass is 9.92. The average molecular weight is 249 g/mol. The Labute approximate surface area is 107 Å². The third-order valence-corrected chi connectivity index (χ3v) is 4.15. The number of aryl methyl sites for hydroxylation is 2. The molecule has 90 valence electrons. The van der Waals surface area contributed by atoms with Crippen molar-refractivity contribution in [2.24, 2.45) is 7.05 Å². The molecule has 1 aromatic heterocycles. The molecule has 1 aliphatic carbocycles. The van der Waals surface area contributed by atoms with Gasteiger partial charge >= 0.3 is 0 Å². The van der Waals surface area contributed by atoms with Crippen molar-refractivity contribution in [3.05, 3.63) is 34.5 Å². The first-order valence-corrected chi connectivity index (χ1v) is 6.54. The molecule has 0 saturated carbocycles. The second-order valence-electron chi connectivity index (χ2n) is 4.82. The predicted molar refractivity (Wildman–Crippen MR) is 72.7 cm³/mol. The normalized spacial score (nSPS) is 19.6. The Morgan fingerprint density at radius 3 is 3.00 bits per heavy atom. The van der Waals surface area contributed by atoms with Crippen LogP contribution in [0, 0.1) is 0 Å². The van der Waals surface area contributed by atoms with Gasteiger partial charge in [-0.15, -0.1) is 0 Å². The topological polar surface area (TPSA) is 17.0 Å². The summed E-state index contributed by atoms with van der Waals surface area (Å²) < 4.78 is 2.32. The van der Waals surface area contributed by atoms with E-state index >= 15 is 0 Å². The Morgan fingerprint density at radius 2 is 2.24 bits per heavy atom. The van der Waals surface area contributed by atoms with E-state index in [1.54, 1.807) is 0 Å². The quantitative estimate of drug-likeness (QED) is 0.818. The molecule has 2 nitrogen and oxygen atoms in total. The highest BCUT2D eigenvalue weighted by Gasteiger charge is 2.25. The van der Waals surface area contributed by atoms with Gasteiger partial charge in [-0.05, 0) is 50.1 Å². The van der Waals surface area contributed by atoms with Crippen LogP contribution in [-0.4, -0.2) is 11.6 Å². The summed E-state index contributed by atoms with van der Waals surface area (Å²) in [5.41, 5.74) is 4.22. The summed E-state index contributed by atoms with van der Waals surface area (Å²) in [5, 5.41) is 5.58. The van der Waals surface area contributed by atoms with Crippen LogP contribution in [0.2, 0.25) is 5.02 Å². The first-order chi connectivity index (χ1) is 8.22. The highest BCUT2D eigenvalue weighted by molar-refractivity contribution is 6.31. The molecular formula is C14H17ClN2. The molecule has 0 spiro atoms. The molecule has 0 saturated heterocycles. The average Bonchev–Trinajstić information content (AvgIpc) is 2.63. The second-order valence-corrected chi connectivity index (χ2v) is 5.25. The third kappa shape index (κ3) is 1.59. The number of nitrogens with one attached hydrogen (secondary N) is 1. The van der Waals surface area contributed by atoms with Crippen LogP contribution in [0.1, 0.15) is 30.1 Å². The molecular weight excluding hydrogens is 232 g/mol. The molecule has 0 fully saturated rings. The molecule has 1 aromatic carbocycles. The van der Waals surface area contributed by atoms with Gasteiger partial charge in [0.2, 0.25) is 0 Å². The van der Waals surface area contributed by atoms with Gasteiger partial charge in [-0.1, -0.05) is 11.6 Å². The number of hydrogen-bond donors (Lipinski definition) is 1. The molecule has 0 radical (unpaired) electrons. The van der Waals surface area contributed by atoms with E-state index in [1.165, 1.54) is 41.4 Å². The zero-order chi connectivity index (χ0) is 12.0. The van der Waals surface area contributed by atoms with E-state index < -0.39 is 0 Å². The summed E-state index contributed by atoms with van der Waals surface area (Å²) in [6.45, 7) is 0. The SMILES string of the molecule is CNC1CCCc2c1n(C)c1ccc(Cl)cc21. The van der Waals surface area contributed by atoms with Crippen molar-refractivity contribution in [3.8, 4) is 0 Å². The van der Waals surface area contributed by atoms with Crippen molar-refractivity contribution in [2.75, 3.05) is 7.05 Å². The lowest BCUT2D eigenvalue weighted by molar-refractivity contribution is 0.474. The molecule has 0 amide bonds. The van der Waals surface area contributed by atoms with Crippen LogP contribution in [0.5, 0.6) is 0 Å². The van der Waals surface area contributed by atoms with E-state index in [1.807, 2.05) is 13.1 Å². The molecule has 17 heavy (non-hydrogen) atoms. The summed E-state index contributed by atoms with van der Waals surface area (Å²) in [6, 6.07) is 6.69. The molecule has 3 heteroatoms. The van der Waals surface area contributed by atoms with E-state index in [0.29, 0.717) is 6.04 Å². The summed E-state index contributed by atoms with van der Waals surface area (Å²) in [4.78, 5) is 0. The predicted octanol–water partition coefficient (Wildman–Crippen LogP) is 3.43. The van der Waals surface area contributed by atoms with Gasteiger partial charge in [0.05, 0.1) is 0 Å². The van der Waals surface area contributed by atoms with Gasteiger partial charge in [-0.25, -0.2) is 0 Å². The Hall–Kier alpha value is -0.990. The van der Waals surface area contributed by atoms with Gasteiger partial charge in [0.15, 0.2) is 0 Å². The minimum atomic E-state index is 0.481. The molecule has 1 N–H and O–H groups in total. The standard InChI is InChI=1S/C14H17ClN2/c1-16-12-5-3-4-10-11-8-9(15)6-7-13(11)17(2)14(10)12/h6-8,12,16H,3-5H2,1-2H3. The molecule has 0 bridgehead atoms. The molecule has 0 aliphatic heterocycles. The monoisotopic (exact) mass is 248 g/mol. The lowest BCUT2D eigenvalue weighted by Gasteiger charge is -2.24. The fourth-order valence-corrected chi connectivity index (χ4v) is 3.29. The number of fused-ring (bicyclic) bond motifs is 3. The van der Waals surface area contributed by atoms with Crippen molar-refractivity contribution >= 4 is 22.5 Å². The number of rotatable bonds is 1. The van der Waals surface area contributed by atoms with Gasteiger partial charge in [0, 0.05) is 34.7 Å². The maximum absolute atomic E-state index is 6.12. The molecule has 2 aromatic rings. The summed E-state index contributed by atoms with van der Waals surface area (Å²) in [7, 11) is 4.20. The summed E-state index contributed by atoms with van der Waals surface area (Å²) in [6.07, 6.45) is 3.65. The highest BCUT2D eigenvalue weighted by Crippen LogP contribution is 2.37. The van der Waals surface area contributed by atoms with Gasteiger partial charge in [-0.3, -0.25) is 0 Å². The van der Waals surface area contributed by atoms with E-state index in [2.05, 4.69) is 29.1 Å². The molecule has 1 unspecified atom stereocenters. The fraction of sp³-hybridized carbons (Fsp3) is 0.429. The van der Waals surface area contributed by atoms with Crippen molar-refractivity contribution < 1.29 is 0 Å². The van der Waals surface area contributed by atoms with Gasteiger partial charge in [-0.2, -0.15) is 0 Å². The Morgan fingerprint density at radius 1 is 1.41 bits per heavy atom.